The summed E-state index contributed by atoms with van der Waals surface area (Å²) in [5.41, 5.74) is 23.4. The molecule has 0 atom stereocenters. The summed E-state index contributed by atoms with van der Waals surface area (Å²) in [6.45, 7) is 0. The predicted molar refractivity (Wildman–Crippen MR) is 233 cm³/mol. The second-order valence-electron chi connectivity index (χ2n) is 12.5. The first-order chi connectivity index (χ1) is 28.3. The Morgan fingerprint density at radius 2 is 0.689 bits per heavy atom. The topological polar surface area (TPSA) is 231 Å². The standard InChI is InChI=1S/C28H22.C14H12O6S2.C3H6N6.2Na/c1-3-11-23(12-4-1)19-21-25-15-7-9-17-27(25)28-18-10-8-16-26(28)22-20-24-13-5-2-6-14-24;15-21(16,17)13-7-3-1-5-11(13)9-10-12-6-2-4-8-14(12)22(18,19)20;4-1-2(5)7-9-8-3(1)6;;/h1-22H;1-10H,(H,15,16,17)(H,18,19,20);(H2,4,9)(H4,5,6,7,8);;/q;;;2*+1/p-2/b21-19+,22-20+;10-9+;;;. The largest absolute Gasteiger partial charge is 1.00 e. The van der Waals surface area contributed by atoms with Gasteiger partial charge in [-0.25, -0.2) is 16.8 Å². The molecule has 0 aliphatic rings. The fourth-order valence-corrected chi connectivity index (χ4v) is 6.84. The van der Waals surface area contributed by atoms with Crippen molar-refractivity contribution in [1.29, 1.82) is 0 Å². The Labute approximate surface area is 400 Å². The van der Waals surface area contributed by atoms with Crippen LogP contribution in [-0.2, 0) is 20.2 Å². The van der Waals surface area contributed by atoms with Crippen molar-refractivity contribution >= 4 is 74.0 Å². The molecule has 7 aromatic rings. The molecule has 0 radical (unpaired) electrons. The molecule has 1 heterocycles. The molecule has 0 amide bonds. The van der Waals surface area contributed by atoms with E-state index in [9.17, 15) is 25.9 Å². The zero-order valence-corrected chi connectivity index (χ0v) is 38.9. The van der Waals surface area contributed by atoms with Crippen LogP contribution in [0, 0.1) is 0 Å². The minimum absolute atomic E-state index is 0. The molecule has 16 heteroatoms. The molecule has 0 fully saturated rings. The van der Waals surface area contributed by atoms with Gasteiger partial charge in [0.05, 0.1) is 9.79 Å². The van der Waals surface area contributed by atoms with Crippen LogP contribution in [0.4, 0.5) is 17.3 Å². The zero-order chi connectivity index (χ0) is 42.3. The van der Waals surface area contributed by atoms with E-state index in [0.717, 1.165) is 12.1 Å². The van der Waals surface area contributed by atoms with E-state index in [2.05, 4.69) is 137 Å². The third kappa shape index (κ3) is 15.3. The third-order valence-electron chi connectivity index (χ3n) is 8.40. The number of rotatable bonds is 9. The van der Waals surface area contributed by atoms with Gasteiger partial charge >= 0.3 is 59.1 Å². The van der Waals surface area contributed by atoms with Gasteiger partial charge in [0, 0.05) is 0 Å². The molecule has 12 nitrogen and oxygen atoms in total. The number of nitrogens with zero attached hydrogens (tertiary/aromatic N) is 3. The van der Waals surface area contributed by atoms with Gasteiger partial charge in [-0.3, -0.25) is 0 Å². The first kappa shape index (κ1) is 50.1. The summed E-state index contributed by atoms with van der Waals surface area (Å²) in [4.78, 5) is -0.845. The third-order valence-corrected chi connectivity index (χ3v) is 10.2. The molecule has 6 N–H and O–H groups in total. The van der Waals surface area contributed by atoms with Crippen molar-refractivity contribution < 1.29 is 85.1 Å². The summed E-state index contributed by atoms with van der Waals surface area (Å²) >= 11 is 0. The molecule has 0 saturated carbocycles. The SMILES string of the molecule is C(=C\c1ccccc1-c1ccccc1/C=C/c1ccccc1)/c1ccccc1.Nc1nnnc(N)c1N.O=S(=O)([O-])c1ccccc1/C=C/c1ccccc1S(=O)(=O)[O-].[Na+].[Na+]. The molecule has 0 unspecified atom stereocenters. The van der Waals surface area contributed by atoms with Gasteiger partial charge in [0.1, 0.15) is 25.9 Å². The van der Waals surface area contributed by atoms with Gasteiger partial charge in [-0.05, 0) is 61.9 Å². The monoisotopic (exact) mass is 868 g/mol. The molecule has 7 rings (SSSR count). The summed E-state index contributed by atoms with van der Waals surface area (Å²) < 4.78 is 66.9. The number of aromatic nitrogens is 3. The molecule has 0 aliphatic carbocycles. The van der Waals surface area contributed by atoms with Gasteiger partial charge < -0.3 is 26.3 Å². The Hall–Kier alpha value is -5.23. The molecule has 0 spiro atoms. The molecule has 298 valence electrons. The Balaban J connectivity index is 0.000000268. The number of benzene rings is 6. The quantitative estimate of drug-likeness (QED) is 0.108. The van der Waals surface area contributed by atoms with E-state index in [1.165, 1.54) is 81.9 Å². The number of nitrogens with two attached hydrogens (primary N) is 3. The number of hydrogen-bond acceptors (Lipinski definition) is 12. The number of anilines is 3. The van der Waals surface area contributed by atoms with Crippen molar-refractivity contribution in [2.45, 2.75) is 9.79 Å². The van der Waals surface area contributed by atoms with Crippen LogP contribution in [0.5, 0.6) is 0 Å². The van der Waals surface area contributed by atoms with Gasteiger partial charge in [0.25, 0.3) is 0 Å². The van der Waals surface area contributed by atoms with Gasteiger partial charge in [0.15, 0.2) is 11.6 Å². The van der Waals surface area contributed by atoms with Gasteiger partial charge in [0.2, 0.25) is 0 Å². The van der Waals surface area contributed by atoms with Crippen LogP contribution in [0.1, 0.15) is 33.4 Å². The maximum absolute atomic E-state index is 11.2. The molecule has 1 aromatic heterocycles. The molecule has 0 aliphatic heterocycles. The van der Waals surface area contributed by atoms with Crippen LogP contribution in [0.25, 0.3) is 47.6 Å². The van der Waals surface area contributed by atoms with Crippen molar-refractivity contribution in [2.24, 2.45) is 0 Å². The fourth-order valence-electron chi connectivity index (χ4n) is 5.50. The van der Waals surface area contributed by atoms with E-state index in [1.54, 1.807) is 0 Å². The van der Waals surface area contributed by atoms with Crippen LogP contribution >= 0.6 is 0 Å². The van der Waals surface area contributed by atoms with Crippen molar-refractivity contribution in [2.75, 3.05) is 17.2 Å². The predicted octanol–water partition coefficient (Wildman–Crippen LogP) is 1.99. The molecule has 6 aromatic carbocycles. The molecular formula is C45H38N6Na2O6S2. The average molecular weight is 869 g/mol. The Morgan fingerprint density at radius 1 is 0.393 bits per heavy atom. The van der Waals surface area contributed by atoms with E-state index in [-0.39, 0.29) is 87.6 Å². The molecular weight excluding hydrogens is 831 g/mol. The van der Waals surface area contributed by atoms with Gasteiger partial charge in [-0.2, -0.15) is 0 Å². The Morgan fingerprint density at radius 3 is 1.03 bits per heavy atom. The first-order valence-corrected chi connectivity index (χ1v) is 20.6. The maximum Gasteiger partial charge on any atom is 1.00 e. The summed E-state index contributed by atoms with van der Waals surface area (Å²) in [6.07, 6.45) is 11.3. The van der Waals surface area contributed by atoms with Crippen LogP contribution in [0.3, 0.4) is 0 Å². The van der Waals surface area contributed by atoms with E-state index >= 15 is 0 Å². The van der Waals surface area contributed by atoms with Crippen molar-refractivity contribution in [3.8, 4) is 11.1 Å². The van der Waals surface area contributed by atoms with Gasteiger partial charge in [-0.1, -0.05) is 182 Å². The normalized spacial score (nSPS) is 11.1. The summed E-state index contributed by atoms with van der Waals surface area (Å²) in [5, 5.41) is 9.92. The summed E-state index contributed by atoms with van der Waals surface area (Å²) in [6, 6.07) is 48.9. The first-order valence-electron chi connectivity index (χ1n) is 17.7. The smallest absolute Gasteiger partial charge is 0.744 e. The second-order valence-corrected chi connectivity index (χ2v) is 15.1. The van der Waals surface area contributed by atoms with E-state index in [4.69, 9.17) is 17.2 Å². The van der Waals surface area contributed by atoms with Crippen molar-refractivity contribution in [1.82, 2.24) is 15.4 Å². The number of hydrogen-bond donors (Lipinski definition) is 3. The number of nitrogen functional groups attached to an aromatic ring is 3. The van der Waals surface area contributed by atoms with Crippen molar-refractivity contribution in [3.63, 3.8) is 0 Å². The van der Waals surface area contributed by atoms with Crippen LogP contribution in [-0.4, -0.2) is 41.4 Å². The van der Waals surface area contributed by atoms with Gasteiger partial charge in [-0.15, -0.1) is 10.2 Å². The molecule has 0 bridgehead atoms. The van der Waals surface area contributed by atoms with Crippen molar-refractivity contribution in [3.05, 3.63) is 191 Å². The maximum atomic E-state index is 11.2. The fraction of sp³-hybridized carbons (Fsp3) is 0. The van der Waals surface area contributed by atoms with Crippen LogP contribution in [0.15, 0.2) is 168 Å². The Bertz CT molecular complexity index is 2640. The minimum Gasteiger partial charge on any atom is -0.744 e. The van der Waals surface area contributed by atoms with E-state index < -0.39 is 30.0 Å². The molecule has 0 saturated heterocycles. The van der Waals surface area contributed by atoms with E-state index in [0.29, 0.717) is 0 Å². The second kappa shape index (κ2) is 24.3. The summed E-state index contributed by atoms with van der Waals surface area (Å²) in [5.74, 6) is 0.227. The zero-order valence-electron chi connectivity index (χ0n) is 33.3. The average Bonchev–Trinajstić information content (AvgIpc) is 3.24. The minimum atomic E-state index is -4.66. The Kier molecular flexibility index (Phi) is 19.9. The van der Waals surface area contributed by atoms with Crippen LogP contribution in [0.2, 0.25) is 0 Å². The molecule has 61 heavy (non-hydrogen) atoms. The van der Waals surface area contributed by atoms with E-state index in [1.807, 2.05) is 12.1 Å². The summed E-state index contributed by atoms with van der Waals surface area (Å²) in [7, 11) is -9.32. The van der Waals surface area contributed by atoms with Crippen LogP contribution < -0.4 is 76.3 Å².